The van der Waals surface area contributed by atoms with Crippen molar-refractivity contribution >= 4 is 24.6 Å². The third kappa shape index (κ3) is 5.19. The average Bonchev–Trinajstić information content (AvgIpc) is 3.06. The average molecular weight is 643 g/mol. The highest BCUT2D eigenvalue weighted by molar-refractivity contribution is 5.97. The second-order valence-corrected chi connectivity index (χ2v) is 11.8. The summed E-state index contributed by atoms with van der Waals surface area (Å²) in [5, 5.41) is 10.7. The SMILES string of the molecule is COc1ccc(C[C@H]2c3c(cc(OC)c4c3Oc3cc5c(cc3O4)CCN(C)C5=O)CCN2C)cc1-c1cc(C=O)ccc1O.Cl. The Hall–Kier alpha value is -4.73. The van der Waals surface area contributed by atoms with Crippen molar-refractivity contribution in [2.24, 2.45) is 0 Å². The zero-order chi connectivity index (χ0) is 31.4. The molecular weight excluding hydrogens is 608 g/mol. The quantitative estimate of drug-likeness (QED) is 0.207. The van der Waals surface area contributed by atoms with E-state index in [9.17, 15) is 14.7 Å². The van der Waals surface area contributed by atoms with Crippen molar-refractivity contribution in [3.63, 3.8) is 0 Å². The first kappa shape index (κ1) is 31.3. The van der Waals surface area contributed by atoms with E-state index in [2.05, 4.69) is 11.9 Å². The van der Waals surface area contributed by atoms with Crippen molar-refractivity contribution in [2.75, 3.05) is 41.4 Å². The van der Waals surface area contributed by atoms with Crippen molar-refractivity contribution < 1.29 is 33.6 Å². The molecular formula is C36H35ClN2O7. The van der Waals surface area contributed by atoms with Gasteiger partial charge in [0, 0.05) is 54.0 Å². The number of aromatic hydroxyl groups is 1. The van der Waals surface area contributed by atoms with Crippen LogP contribution in [0.1, 0.15) is 49.0 Å². The van der Waals surface area contributed by atoms with Gasteiger partial charge in [-0.15, -0.1) is 12.4 Å². The largest absolute Gasteiger partial charge is 0.507 e. The predicted octanol–water partition coefficient (Wildman–Crippen LogP) is 6.61. The summed E-state index contributed by atoms with van der Waals surface area (Å²) >= 11 is 0. The van der Waals surface area contributed by atoms with Crippen LogP contribution in [0.2, 0.25) is 0 Å². The molecule has 0 bridgehead atoms. The molecule has 238 valence electrons. The van der Waals surface area contributed by atoms with E-state index >= 15 is 0 Å². The predicted molar refractivity (Wildman–Crippen MR) is 176 cm³/mol. The molecule has 1 atom stereocenters. The van der Waals surface area contributed by atoms with Crippen molar-refractivity contribution in [1.29, 1.82) is 0 Å². The van der Waals surface area contributed by atoms with E-state index in [1.54, 1.807) is 37.3 Å². The fourth-order valence-corrected chi connectivity index (χ4v) is 6.68. The lowest BCUT2D eigenvalue weighted by Gasteiger charge is -2.38. The summed E-state index contributed by atoms with van der Waals surface area (Å²) in [4.78, 5) is 28.5. The van der Waals surface area contributed by atoms with E-state index in [4.69, 9.17) is 18.9 Å². The zero-order valence-corrected chi connectivity index (χ0v) is 26.9. The Labute approximate surface area is 273 Å². The molecule has 3 heterocycles. The van der Waals surface area contributed by atoms with Gasteiger partial charge in [0.15, 0.2) is 23.0 Å². The Morgan fingerprint density at radius 2 is 1.59 bits per heavy atom. The number of carbonyl (C=O) groups excluding carboxylic acids is 2. The van der Waals surface area contributed by atoms with Gasteiger partial charge >= 0.3 is 0 Å². The van der Waals surface area contributed by atoms with Crippen LogP contribution in [0.3, 0.4) is 0 Å². The summed E-state index contributed by atoms with van der Waals surface area (Å²) in [6.07, 6.45) is 2.93. The fraction of sp³-hybridized carbons (Fsp3) is 0.278. The number of ether oxygens (including phenoxy) is 4. The number of fused-ring (bicyclic) bond motifs is 5. The van der Waals surface area contributed by atoms with Gasteiger partial charge in [0.1, 0.15) is 17.8 Å². The van der Waals surface area contributed by atoms with E-state index in [0.717, 1.165) is 47.9 Å². The molecule has 3 aliphatic heterocycles. The molecule has 4 aromatic carbocycles. The van der Waals surface area contributed by atoms with Crippen LogP contribution in [0.15, 0.2) is 54.6 Å². The number of rotatable bonds is 6. The molecule has 0 radical (unpaired) electrons. The first-order chi connectivity index (χ1) is 21.8. The van der Waals surface area contributed by atoms with Gasteiger partial charge in [0.05, 0.1) is 14.2 Å². The minimum Gasteiger partial charge on any atom is -0.507 e. The normalized spacial score (nSPS) is 16.5. The molecule has 46 heavy (non-hydrogen) atoms. The smallest absolute Gasteiger partial charge is 0.254 e. The standard InChI is InChI=1S/C36H34N2O7.ClH/c1-37-11-10-23-17-32(43-4)34-35(45-31-18-24-22(16-30(31)44-34)9-12-38(2)36(24)41)33(23)27(37)15-20-6-8-29(42-3)26(13-20)25-14-21(19-39)5-7-28(25)40;/h5-8,13-14,16-19,27,40H,9-12,15H2,1-4H3;1H/t27-;/m0./s1. The summed E-state index contributed by atoms with van der Waals surface area (Å²) in [5.74, 6) is 3.41. The first-order valence-electron chi connectivity index (χ1n) is 15.0. The highest BCUT2D eigenvalue weighted by Gasteiger charge is 2.37. The third-order valence-corrected chi connectivity index (χ3v) is 9.17. The van der Waals surface area contributed by atoms with E-state index in [1.165, 1.54) is 6.07 Å². The minimum absolute atomic E-state index is 0. The van der Waals surface area contributed by atoms with Crippen LogP contribution in [0.25, 0.3) is 11.1 Å². The Kier molecular flexibility index (Phi) is 8.31. The second kappa shape index (κ2) is 12.2. The molecule has 1 N–H and O–H groups in total. The maximum absolute atomic E-state index is 13.0. The van der Waals surface area contributed by atoms with Gasteiger partial charge in [0.2, 0.25) is 5.75 Å². The van der Waals surface area contributed by atoms with Crippen molar-refractivity contribution in [1.82, 2.24) is 9.80 Å². The van der Waals surface area contributed by atoms with E-state index in [0.29, 0.717) is 69.7 Å². The van der Waals surface area contributed by atoms with Crippen LogP contribution in [0.4, 0.5) is 0 Å². The molecule has 0 fully saturated rings. The number of methoxy groups -OCH3 is 2. The van der Waals surface area contributed by atoms with Crippen LogP contribution in [-0.2, 0) is 19.3 Å². The summed E-state index contributed by atoms with van der Waals surface area (Å²) < 4.78 is 24.6. The Balaban J connectivity index is 0.00000372. The molecule has 4 aromatic rings. The summed E-state index contributed by atoms with van der Waals surface area (Å²) in [5.41, 5.74) is 6.38. The number of phenols is 1. The Bertz CT molecular complexity index is 1870. The van der Waals surface area contributed by atoms with Crippen LogP contribution in [0, 0.1) is 0 Å². The number of carbonyl (C=O) groups is 2. The molecule has 0 spiro atoms. The molecule has 0 aliphatic carbocycles. The lowest BCUT2D eigenvalue weighted by atomic mass is 9.86. The molecule has 1 amide bonds. The number of likely N-dealkylation sites (N-methyl/N-ethyl adjacent to an activating group) is 2. The highest BCUT2D eigenvalue weighted by Crippen LogP contribution is 2.56. The summed E-state index contributed by atoms with van der Waals surface area (Å²) in [6, 6.07) is 16.3. The van der Waals surface area contributed by atoms with Crippen molar-refractivity contribution in [2.45, 2.75) is 25.3 Å². The molecule has 0 unspecified atom stereocenters. The van der Waals surface area contributed by atoms with Crippen LogP contribution < -0.4 is 18.9 Å². The van der Waals surface area contributed by atoms with E-state index < -0.39 is 0 Å². The molecule has 7 rings (SSSR count). The van der Waals surface area contributed by atoms with Crippen molar-refractivity contribution in [3.8, 4) is 51.4 Å². The molecule has 9 nitrogen and oxygen atoms in total. The Morgan fingerprint density at radius 1 is 0.848 bits per heavy atom. The van der Waals surface area contributed by atoms with Crippen LogP contribution >= 0.6 is 12.4 Å². The number of amides is 1. The lowest BCUT2D eigenvalue weighted by molar-refractivity contribution is 0.0780. The molecule has 10 heteroatoms. The van der Waals surface area contributed by atoms with Gasteiger partial charge in [-0.25, -0.2) is 0 Å². The van der Waals surface area contributed by atoms with E-state index in [-0.39, 0.29) is 30.1 Å². The van der Waals surface area contributed by atoms with Gasteiger partial charge in [0.25, 0.3) is 5.91 Å². The number of halogens is 1. The molecule has 0 aromatic heterocycles. The fourth-order valence-electron chi connectivity index (χ4n) is 6.68. The van der Waals surface area contributed by atoms with Gasteiger partial charge in [-0.3, -0.25) is 14.5 Å². The van der Waals surface area contributed by atoms with Gasteiger partial charge in [-0.1, -0.05) is 6.07 Å². The molecule has 3 aliphatic rings. The summed E-state index contributed by atoms with van der Waals surface area (Å²) in [6.45, 7) is 1.48. The number of benzene rings is 4. The van der Waals surface area contributed by atoms with E-state index in [1.807, 2.05) is 37.4 Å². The maximum atomic E-state index is 13.0. The number of hydrogen-bond donors (Lipinski definition) is 1. The number of nitrogens with zero attached hydrogens (tertiary/aromatic N) is 2. The van der Waals surface area contributed by atoms with Crippen LogP contribution in [-0.4, -0.2) is 68.5 Å². The first-order valence-corrected chi connectivity index (χ1v) is 15.0. The monoisotopic (exact) mass is 642 g/mol. The van der Waals surface area contributed by atoms with Gasteiger partial charge in [-0.2, -0.15) is 0 Å². The van der Waals surface area contributed by atoms with Crippen LogP contribution in [0.5, 0.6) is 40.2 Å². The lowest BCUT2D eigenvalue weighted by Crippen LogP contribution is -2.34. The number of hydrogen-bond acceptors (Lipinski definition) is 8. The topological polar surface area (TPSA) is 97.8 Å². The Morgan fingerprint density at radius 3 is 2.35 bits per heavy atom. The highest BCUT2D eigenvalue weighted by atomic mass is 35.5. The number of aldehydes is 1. The minimum atomic E-state index is -0.0832. The number of phenolic OH excluding ortho intramolecular Hbond substituents is 1. The second-order valence-electron chi connectivity index (χ2n) is 11.8. The third-order valence-electron chi connectivity index (χ3n) is 9.17. The van der Waals surface area contributed by atoms with Gasteiger partial charge in [-0.05, 0) is 91.5 Å². The zero-order valence-electron chi connectivity index (χ0n) is 26.1. The molecule has 0 saturated carbocycles. The molecule has 0 saturated heterocycles. The van der Waals surface area contributed by atoms with Gasteiger partial charge < -0.3 is 29.0 Å². The van der Waals surface area contributed by atoms with Crippen molar-refractivity contribution in [3.05, 3.63) is 88.0 Å². The maximum Gasteiger partial charge on any atom is 0.254 e. The summed E-state index contributed by atoms with van der Waals surface area (Å²) in [7, 11) is 7.12.